The fourth-order valence-corrected chi connectivity index (χ4v) is 4.74. The maximum Gasteiger partial charge on any atom is 0.348 e. The van der Waals surface area contributed by atoms with Crippen molar-refractivity contribution in [3.05, 3.63) is 38.6 Å². The Hall–Kier alpha value is -3.85. The standard InChI is InChI=1S/C21H22FN5O8S/c1-9(28)33-8-13-14(22)15(34-10(2)29)18(35-13)27-17-12(6-24-20(23)25-17)26(21(27)31)7-11-4-5-36-16(11)19(30)32-3/h4-6,13-15,18H,7-8H2,1-3H3,(H2,23,24,25)/t13-,14-,15-,18-/m1/s1. The van der Waals surface area contributed by atoms with E-state index in [1.165, 1.54) is 17.9 Å². The summed E-state index contributed by atoms with van der Waals surface area (Å²) >= 11 is 1.14. The van der Waals surface area contributed by atoms with Crippen molar-refractivity contribution in [3.63, 3.8) is 0 Å². The van der Waals surface area contributed by atoms with E-state index in [-0.39, 0.29) is 23.7 Å². The minimum atomic E-state index is -1.93. The molecule has 0 bridgehead atoms. The molecule has 0 saturated carbocycles. The van der Waals surface area contributed by atoms with E-state index in [9.17, 15) is 19.2 Å². The third-order valence-electron chi connectivity index (χ3n) is 5.44. The van der Waals surface area contributed by atoms with E-state index in [2.05, 4.69) is 9.97 Å². The smallest absolute Gasteiger partial charge is 0.348 e. The average molecular weight is 523 g/mol. The average Bonchev–Trinajstić information content (AvgIpc) is 3.48. The Labute approximate surface area is 206 Å². The first-order chi connectivity index (χ1) is 17.1. The van der Waals surface area contributed by atoms with E-state index in [4.69, 9.17) is 24.7 Å². The number of hydrogen-bond acceptors (Lipinski definition) is 12. The largest absolute Gasteiger partial charge is 0.465 e. The van der Waals surface area contributed by atoms with Gasteiger partial charge in [-0.05, 0) is 17.0 Å². The SMILES string of the molecule is COC(=O)c1sccc1Cn1c(=O)n([C@@H]2O[C@H](COC(C)=O)[C@@H](F)[C@H]2OC(C)=O)c2nc(N)ncc21. The minimum absolute atomic E-state index is 0.00941. The first kappa shape index (κ1) is 25.2. The number of halogens is 1. The number of aromatic nitrogens is 4. The highest BCUT2D eigenvalue weighted by Crippen LogP contribution is 2.35. The van der Waals surface area contributed by atoms with Crippen LogP contribution in [0, 0.1) is 0 Å². The molecule has 192 valence electrons. The molecule has 0 aromatic carbocycles. The molecule has 1 saturated heterocycles. The lowest BCUT2D eigenvalue weighted by Crippen LogP contribution is -2.37. The van der Waals surface area contributed by atoms with Crippen LogP contribution in [0.3, 0.4) is 0 Å². The van der Waals surface area contributed by atoms with Crippen LogP contribution in [0.5, 0.6) is 0 Å². The molecule has 0 unspecified atom stereocenters. The number of hydrogen-bond donors (Lipinski definition) is 1. The number of alkyl halides is 1. The Morgan fingerprint density at radius 3 is 2.69 bits per heavy atom. The highest BCUT2D eigenvalue weighted by atomic mass is 32.1. The molecular formula is C21H22FN5O8S. The maximum atomic E-state index is 15.3. The second-order valence-corrected chi connectivity index (χ2v) is 8.74. The zero-order chi connectivity index (χ0) is 26.1. The monoisotopic (exact) mass is 523 g/mol. The van der Waals surface area contributed by atoms with Gasteiger partial charge in [0, 0.05) is 13.8 Å². The molecule has 1 aliphatic rings. The first-order valence-electron chi connectivity index (χ1n) is 10.6. The van der Waals surface area contributed by atoms with Crippen LogP contribution < -0.4 is 11.4 Å². The van der Waals surface area contributed by atoms with Crippen LogP contribution in [0.15, 0.2) is 22.4 Å². The Balaban J connectivity index is 1.82. The summed E-state index contributed by atoms with van der Waals surface area (Å²) in [4.78, 5) is 57.1. The third-order valence-corrected chi connectivity index (χ3v) is 6.38. The Morgan fingerprint density at radius 1 is 1.28 bits per heavy atom. The topological polar surface area (TPSA) is 167 Å². The number of fused-ring (bicyclic) bond motifs is 1. The first-order valence-corrected chi connectivity index (χ1v) is 11.5. The van der Waals surface area contributed by atoms with E-state index in [1.54, 1.807) is 11.4 Å². The number of rotatable bonds is 7. The summed E-state index contributed by atoms with van der Waals surface area (Å²) in [7, 11) is 1.24. The second-order valence-electron chi connectivity index (χ2n) is 7.83. The normalized spacial score (nSPS) is 21.4. The zero-order valence-electron chi connectivity index (χ0n) is 19.4. The maximum absolute atomic E-state index is 15.3. The third kappa shape index (κ3) is 4.66. The molecule has 0 spiro atoms. The molecule has 36 heavy (non-hydrogen) atoms. The van der Waals surface area contributed by atoms with E-state index in [0.717, 1.165) is 29.8 Å². The van der Waals surface area contributed by atoms with Crippen LogP contribution in [0.4, 0.5) is 10.3 Å². The summed E-state index contributed by atoms with van der Waals surface area (Å²) in [5.41, 5.74) is 5.73. The van der Waals surface area contributed by atoms with Crippen LogP contribution in [0.1, 0.15) is 35.3 Å². The second kappa shape index (κ2) is 10.0. The lowest BCUT2D eigenvalue weighted by Gasteiger charge is -2.19. The van der Waals surface area contributed by atoms with Crippen molar-refractivity contribution in [3.8, 4) is 0 Å². The summed E-state index contributed by atoms with van der Waals surface area (Å²) in [5.74, 6) is -2.21. The summed E-state index contributed by atoms with van der Waals surface area (Å²) < 4.78 is 38.1. The molecular weight excluding hydrogens is 501 g/mol. The van der Waals surface area contributed by atoms with Crippen LogP contribution >= 0.6 is 11.3 Å². The highest BCUT2D eigenvalue weighted by Gasteiger charge is 2.50. The van der Waals surface area contributed by atoms with Crippen LogP contribution in [0.2, 0.25) is 0 Å². The summed E-state index contributed by atoms with van der Waals surface area (Å²) in [6, 6.07) is 1.66. The number of esters is 3. The Bertz CT molecular complexity index is 1380. The number of ether oxygens (including phenoxy) is 4. The summed E-state index contributed by atoms with van der Waals surface area (Å²) in [6.45, 7) is 1.69. The molecule has 0 radical (unpaired) electrons. The fourth-order valence-electron chi connectivity index (χ4n) is 3.91. The Morgan fingerprint density at radius 2 is 2.03 bits per heavy atom. The lowest BCUT2D eigenvalue weighted by molar-refractivity contribution is -0.154. The minimum Gasteiger partial charge on any atom is -0.465 e. The van der Waals surface area contributed by atoms with Gasteiger partial charge in [0.1, 0.15) is 23.1 Å². The van der Waals surface area contributed by atoms with Crippen molar-refractivity contribution in [2.45, 2.75) is 45.0 Å². The zero-order valence-corrected chi connectivity index (χ0v) is 20.2. The quantitative estimate of drug-likeness (QED) is 0.344. The van der Waals surface area contributed by atoms with Gasteiger partial charge in [0.25, 0.3) is 0 Å². The predicted molar refractivity (Wildman–Crippen MR) is 122 cm³/mol. The van der Waals surface area contributed by atoms with Crippen LogP contribution in [0.25, 0.3) is 11.2 Å². The highest BCUT2D eigenvalue weighted by molar-refractivity contribution is 7.12. The van der Waals surface area contributed by atoms with E-state index in [0.29, 0.717) is 10.4 Å². The number of thiophene rings is 1. The van der Waals surface area contributed by atoms with Crippen molar-refractivity contribution >= 4 is 46.4 Å². The van der Waals surface area contributed by atoms with Gasteiger partial charge in [-0.3, -0.25) is 14.2 Å². The van der Waals surface area contributed by atoms with Crippen molar-refractivity contribution in [1.82, 2.24) is 19.1 Å². The van der Waals surface area contributed by atoms with Gasteiger partial charge in [-0.25, -0.2) is 23.5 Å². The molecule has 1 aliphatic heterocycles. The van der Waals surface area contributed by atoms with Gasteiger partial charge in [0.2, 0.25) is 5.95 Å². The van der Waals surface area contributed by atoms with Gasteiger partial charge in [-0.15, -0.1) is 11.3 Å². The molecule has 0 amide bonds. The molecule has 15 heteroatoms. The predicted octanol–water partition coefficient (Wildman–Crippen LogP) is 0.802. The van der Waals surface area contributed by atoms with Crippen molar-refractivity contribution < 1.29 is 37.7 Å². The van der Waals surface area contributed by atoms with Crippen LogP contribution in [-0.4, -0.2) is 69.1 Å². The molecule has 13 nitrogen and oxygen atoms in total. The molecule has 4 heterocycles. The lowest BCUT2D eigenvalue weighted by atomic mass is 10.1. The Kier molecular flexibility index (Phi) is 7.03. The van der Waals surface area contributed by atoms with E-state index < -0.39 is 54.8 Å². The van der Waals surface area contributed by atoms with E-state index >= 15 is 4.39 Å². The number of nitrogens with zero attached hydrogens (tertiary/aromatic N) is 4. The number of nitrogens with two attached hydrogens (primary N) is 1. The van der Waals surface area contributed by atoms with Crippen molar-refractivity contribution in [2.24, 2.45) is 0 Å². The number of nitrogen functional groups attached to an aromatic ring is 1. The van der Waals surface area contributed by atoms with Crippen molar-refractivity contribution in [1.29, 1.82) is 0 Å². The number of carbonyl (C=O) groups excluding carboxylic acids is 3. The van der Waals surface area contributed by atoms with E-state index in [1.807, 2.05) is 0 Å². The number of methoxy groups -OCH3 is 1. The fraction of sp³-hybridized carbons (Fsp3) is 0.429. The molecule has 4 atom stereocenters. The van der Waals surface area contributed by atoms with Crippen molar-refractivity contribution in [2.75, 3.05) is 19.5 Å². The van der Waals surface area contributed by atoms with Gasteiger partial charge >= 0.3 is 23.6 Å². The molecule has 4 rings (SSSR count). The van der Waals surface area contributed by atoms with Gasteiger partial charge < -0.3 is 24.7 Å². The van der Waals surface area contributed by atoms with Gasteiger partial charge in [-0.1, -0.05) is 0 Å². The molecule has 3 aromatic rings. The van der Waals surface area contributed by atoms with Gasteiger partial charge in [0.15, 0.2) is 24.2 Å². The number of carbonyl (C=O) groups is 3. The number of anilines is 1. The molecule has 3 aromatic heterocycles. The number of imidazole rings is 1. The molecule has 2 N–H and O–H groups in total. The summed E-state index contributed by atoms with van der Waals surface area (Å²) in [5, 5.41) is 1.67. The molecule has 1 fully saturated rings. The molecule has 0 aliphatic carbocycles. The van der Waals surface area contributed by atoms with Gasteiger partial charge in [-0.2, -0.15) is 4.98 Å². The summed E-state index contributed by atoms with van der Waals surface area (Å²) in [6.07, 6.45) is -4.96. The van der Waals surface area contributed by atoms with Crippen LogP contribution in [-0.2, 0) is 35.1 Å². The van der Waals surface area contributed by atoms with Gasteiger partial charge in [0.05, 0.1) is 19.9 Å².